The summed E-state index contributed by atoms with van der Waals surface area (Å²) in [5, 5.41) is 7.68. The number of hydrogen-bond acceptors (Lipinski definition) is 3. The van der Waals surface area contributed by atoms with Crippen LogP contribution in [-0.4, -0.2) is 46.6 Å². The van der Waals surface area contributed by atoms with E-state index in [1.807, 2.05) is 12.1 Å². The normalized spacial score (nSPS) is 21.1. The summed E-state index contributed by atoms with van der Waals surface area (Å²) in [6.07, 6.45) is 2.76. The van der Waals surface area contributed by atoms with Gasteiger partial charge in [0, 0.05) is 55.1 Å². The first-order valence-corrected chi connectivity index (χ1v) is 9.99. The molecule has 2 aliphatic heterocycles. The molecule has 3 heterocycles. The molecule has 0 bridgehead atoms. The number of halogens is 2. The second-order valence-electron chi connectivity index (χ2n) is 8.09. The van der Waals surface area contributed by atoms with Gasteiger partial charge in [-0.05, 0) is 43.0 Å². The zero-order chi connectivity index (χ0) is 19.3. The molecular formula is C21H23F2N3O2. The van der Waals surface area contributed by atoms with Gasteiger partial charge in [-0.2, -0.15) is 5.10 Å². The van der Waals surface area contributed by atoms with Crippen LogP contribution in [0.1, 0.15) is 36.1 Å². The number of ether oxygens (including phenoxy) is 1. The van der Waals surface area contributed by atoms with Crippen molar-refractivity contribution in [2.45, 2.75) is 44.4 Å². The summed E-state index contributed by atoms with van der Waals surface area (Å²) >= 11 is 0. The van der Waals surface area contributed by atoms with Gasteiger partial charge in [-0.1, -0.05) is 0 Å². The SMILES string of the molecule is O=C(C1CC(F)(F)C1)N1CCc2[nH]nc(-c3ccc4c(c3)CCCO4)c2CC1. The molecule has 1 fully saturated rings. The Labute approximate surface area is 162 Å². The maximum Gasteiger partial charge on any atom is 0.249 e. The van der Waals surface area contributed by atoms with Gasteiger partial charge >= 0.3 is 0 Å². The van der Waals surface area contributed by atoms with Crippen molar-refractivity contribution in [1.29, 1.82) is 0 Å². The maximum absolute atomic E-state index is 13.1. The average molecular weight is 387 g/mol. The van der Waals surface area contributed by atoms with E-state index >= 15 is 0 Å². The molecule has 0 unspecified atom stereocenters. The summed E-state index contributed by atoms with van der Waals surface area (Å²) in [6.45, 7) is 1.86. The molecular weight excluding hydrogens is 364 g/mol. The molecule has 7 heteroatoms. The lowest BCUT2D eigenvalue weighted by molar-refractivity contribution is -0.159. The highest BCUT2D eigenvalue weighted by atomic mass is 19.3. The van der Waals surface area contributed by atoms with Crippen LogP contribution in [0.5, 0.6) is 5.75 Å². The summed E-state index contributed by atoms with van der Waals surface area (Å²) in [5.41, 5.74) is 5.36. The topological polar surface area (TPSA) is 58.2 Å². The minimum absolute atomic E-state index is 0.128. The smallest absolute Gasteiger partial charge is 0.249 e. The summed E-state index contributed by atoms with van der Waals surface area (Å²) in [5.74, 6) is -2.36. The average Bonchev–Trinajstić information content (AvgIpc) is 2.96. The number of rotatable bonds is 2. The van der Waals surface area contributed by atoms with Crippen molar-refractivity contribution < 1.29 is 18.3 Å². The molecule has 0 spiro atoms. The van der Waals surface area contributed by atoms with Gasteiger partial charge < -0.3 is 9.64 Å². The summed E-state index contributed by atoms with van der Waals surface area (Å²) in [7, 11) is 0. The van der Waals surface area contributed by atoms with E-state index in [2.05, 4.69) is 16.3 Å². The molecule has 1 aliphatic carbocycles. The highest BCUT2D eigenvalue weighted by Crippen LogP contribution is 2.43. The lowest BCUT2D eigenvalue weighted by atomic mass is 9.80. The van der Waals surface area contributed by atoms with E-state index in [-0.39, 0.29) is 18.7 Å². The molecule has 0 radical (unpaired) electrons. The molecule has 3 aliphatic rings. The van der Waals surface area contributed by atoms with Gasteiger partial charge in [0.15, 0.2) is 0 Å². The fourth-order valence-corrected chi connectivity index (χ4v) is 4.54. The van der Waals surface area contributed by atoms with Gasteiger partial charge in [0.25, 0.3) is 0 Å². The van der Waals surface area contributed by atoms with Crippen LogP contribution in [0.2, 0.25) is 0 Å². The van der Waals surface area contributed by atoms with Crippen LogP contribution in [0, 0.1) is 5.92 Å². The van der Waals surface area contributed by atoms with E-state index in [1.54, 1.807) is 4.90 Å². The van der Waals surface area contributed by atoms with Crippen LogP contribution in [0.3, 0.4) is 0 Å². The summed E-state index contributed by atoms with van der Waals surface area (Å²) in [4.78, 5) is 14.3. The van der Waals surface area contributed by atoms with E-state index in [9.17, 15) is 13.6 Å². The van der Waals surface area contributed by atoms with Gasteiger partial charge in [0.2, 0.25) is 11.8 Å². The number of nitrogens with one attached hydrogen (secondary N) is 1. The third-order valence-electron chi connectivity index (χ3n) is 6.15. The quantitative estimate of drug-likeness (QED) is 0.860. The molecule has 0 atom stereocenters. The number of carbonyl (C=O) groups excluding carboxylic acids is 1. The lowest BCUT2D eigenvalue weighted by Gasteiger charge is -2.37. The number of alkyl halides is 2. The number of carbonyl (C=O) groups is 1. The second-order valence-corrected chi connectivity index (χ2v) is 8.09. The third-order valence-corrected chi connectivity index (χ3v) is 6.15. The molecule has 1 aromatic carbocycles. The molecule has 2 aromatic rings. The molecule has 5 nitrogen and oxygen atoms in total. The Kier molecular flexibility index (Phi) is 4.14. The standard InChI is InChI=1S/C21H23F2N3O2/c22-21(23)11-15(12-21)20(27)26-7-5-16-17(6-8-26)24-25-19(16)14-3-4-18-13(10-14)2-1-9-28-18/h3-4,10,15H,1-2,5-9,11-12H2,(H,24,25). The molecule has 1 aromatic heterocycles. The van der Waals surface area contributed by atoms with Crippen molar-refractivity contribution in [2.24, 2.45) is 5.92 Å². The Bertz CT molecular complexity index is 916. The van der Waals surface area contributed by atoms with Crippen molar-refractivity contribution in [3.63, 3.8) is 0 Å². The number of H-pyrrole nitrogens is 1. The Balaban J connectivity index is 1.34. The van der Waals surface area contributed by atoms with E-state index in [0.717, 1.165) is 47.7 Å². The summed E-state index contributed by atoms with van der Waals surface area (Å²) in [6, 6.07) is 6.19. The Morgan fingerprint density at radius 2 is 2.04 bits per heavy atom. The predicted octanol–water partition coefficient (Wildman–Crippen LogP) is 3.37. The predicted molar refractivity (Wildman–Crippen MR) is 99.5 cm³/mol. The minimum atomic E-state index is -2.66. The molecule has 1 N–H and O–H groups in total. The molecule has 0 saturated heterocycles. The Morgan fingerprint density at radius 3 is 2.86 bits per heavy atom. The van der Waals surface area contributed by atoms with Gasteiger partial charge in [0.1, 0.15) is 5.75 Å². The number of benzene rings is 1. The van der Waals surface area contributed by atoms with Crippen LogP contribution >= 0.6 is 0 Å². The third kappa shape index (κ3) is 3.06. The number of amides is 1. The fraction of sp³-hybridized carbons (Fsp3) is 0.524. The van der Waals surface area contributed by atoms with Crippen molar-refractivity contribution >= 4 is 5.91 Å². The van der Waals surface area contributed by atoms with Gasteiger partial charge in [-0.3, -0.25) is 9.89 Å². The Hall–Kier alpha value is -2.44. The molecule has 28 heavy (non-hydrogen) atoms. The fourth-order valence-electron chi connectivity index (χ4n) is 4.54. The second kappa shape index (κ2) is 6.57. The number of hydrogen-bond donors (Lipinski definition) is 1. The number of aryl methyl sites for hydroxylation is 1. The van der Waals surface area contributed by atoms with Gasteiger partial charge in [0.05, 0.1) is 12.3 Å². The molecule has 1 saturated carbocycles. The van der Waals surface area contributed by atoms with E-state index in [4.69, 9.17) is 4.74 Å². The van der Waals surface area contributed by atoms with Gasteiger partial charge in [-0.25, -0.2) is 8.78 Å². The molecule has 5 rings (SSSR count). The van der Waals surface area contributed by atoms with Crippen molar-refractivity contribution in [2.75, 3.05) is 19.7 Å². The zero-order valence-corrected chi connectivity index (χ0v) is 15.6. The van der Waals surface area contributed by atoms with Gasteiger partial charge in [-0.15, -0.1) is 0 Å². The number of aromatic amines is 1. The number of fused-ring (bicyclic) bond motifs is 2. The first kappa shape index (κ1) is 17.6. The lowest BCUT2D eigenvalue weighted by Crippen LogP contribution is -2.47. The highest BCUT2D eigenvalue weighted by Gasteiger charge is 2.49. The van der Waals surface area contributed by atoms with Crippen molar-refractivity contribution in [3.8, 4) is 17.0 Å². The van der Waals surface area contributed by atoms with Crippen LogP contribution in [0.15, 0.2) is 18.2 Å². The van der Waals surface area contributed by atoms with E-state index < -0.39 is 11.8 Å². The summed E-state index contributed by atoms with van der Waals surface area (Å²) < 4.78 is 32.0. The zero-order valence-electron chi connectivity index (χ0n) is 15.6. The first-order chi connectivity index (χ1) is 13.5. The first-order valence-electron chi connectivity index (χ1n) is 9.99. The molecule has 148 valence electrons. The van der Waals surface area contributed by atoms with Crippen molar-refractivity contribution in [1.82, 2.24) is 15.1 Å². The van der Waals surface area contributed by atoms with Crippen LogP contribution in [0.25, 0.3) is 11.3 Å². The highest BCUT2D eigenvalue weighted by molar-refractivity contribution is 5.80. The van der Waals surface area contributed by atoms with Crippen LogP contribution < -0.4 is 4.74 Å². The van der Waals surface area contributed by atoms with Crippen LogP contribution in [0.4, 0.5) is 8.78 Å². The van der Waals surface area contributed by atoms with E-state index in [1.165, 1.54) is 5.56 Å². The van der Waals surface area contributed by atoms with E-state index in [0.29, 0.717) is 25.9 Å². The van der Waals surface area contributed by atoms with Crippen molar-refractivity contribution in [3.05, 3.63) is 35.0 Å². The maximum atomic E-state index is 13.1. The Morgan fingerprint density at radius 1 is 1.21 bits per heavy atom. The largest absolute Gasteiger partial charge is 0.493 e. The number of nitrogens with zero attached hydrogens (tertiary/aromatic N) is 2. The monoisotopic (exact) mass is 387 g/mol. The number of aromatic nitrogens is 2. The molecule has 1 amide bonds. The minimum Gasteiger partial charge on any atom is -0.493 e. The van der Waals surface area contributed by atoms with Crippen LogP contribution in [-0.2, 0) is 24.1 Å².